The molecule has 3 rings (SSSR count). The number of likely N-dealkylation sites (N-methyl/N-ethyl adjacent to an activating group) is 1. The quantitative estimate of drug-likeness (QED) is 0.683. The fourth-order valence-electron chi connectivity index (χ4n) is 3.42. The number of hydrogen-bond donors (Lipinski definition) is 0. The molecule has 1 aliphatic heterocycles. The van der Waals surface area contributed by atoms with Crippen molar-refractivity contribution in [2.45, 2.75) is 39.2 Å². The molecule has 2 aliphatic carbocycles. The third-order valence-corrected chi connectivity index (χ3v) is 4.31. The lowest BCUT2D eigenvalue weighted by Gasteiger charge is -2.25. The molecule has 0 aromatic carbocycles. The van der Waals surface area contributed by atoms with Crippen molar-refractivity contribution < 1.29 is 0 Å². The zero-order chi connectivity index (χ0) is 11.1. The van der Waals surface area contributed by atoms with Crippen molar-refractivity contribution in [2.24, 2.45) is 5.92 Å². The monoisotopic (exact) mass is 215 g/mol. The molecule has 0 radical (unpaired) electrons. The molecule has 1 unspecified atom stereocenters. The maximum absolute atomic E-state index is 2.61. The minimum Gasteiger partial charge on any atom is -0.297 e. The SMILES string of the molecule is CCN1C[C@H]2CC1C=C2C1=CCCC(C)=C1. The first-order valence-electron chi connectivity index (χ1n) is 6.61. The smallest absolute Gasteiger partial charge is 0.0290 e. The van der Waals surface area contributed by atoms with E-state index in [0.29, 0.717) is 0 Å². The number of likely N-dealkylation sites (tertiary alicyclic amines) is 1. The summed E-state index contributed by atoms with van der Waals surface area (Å²) in [6, 6.07) is 0.738. The van der Waals surface area contributed by atoms with Crippen LogP contribution >= 0.6 is 0 Å². The molecule has 2 atom stereocenters. The van der Waals surface area contributed by atoms with Crippen LogP contribution in [0.1, 0.15) is 33.1 Å². The Kier molecular flexibility index (Phi) is 2.51. The lowest BCUT2D eigenvalue weighted by molar-refractivity contribution is 0.293. The molecule has 1 heterocycles. The molecule has 0 saturated carbocycles. The maximum Gasteiger partial charge on any atom is 0.0290 e. The van der Waals surface area contributed by atoms with Gasteiger partial charge in [0, 0.05) is 12.6 Å². The van der Waals surface area contributed by atoms with Crippen LogP contribution in [-0.2, 0) is 0 Å². The normalized spacial score (nSPS) is 33.8. The Bertz CT molecular complexity index is 386. The van der Waals surface area contributed by atoms with Crippen molar-refractivity contribution in [1.82, 2.24) is 4.90 Å². The third kappa shape index (κ3) is 1.58. The molecule has 1 saturated heterocycles. The van der Waals surface area contributed by atoms with Crippen LogP contribution in [-0.4, -0.2) is 24.0 Å². The Morgan fingerprint density at radius 2 is 2.31 bits per heavy atom. The lowest BCUT2D eigenvalue weighted by atomic mass is 9.89. The second kappa shape index (κ2) is 3.89. The summed E-state index contributed by atoms with van der Waals surface area (Å²) in [6.07, 6.45) is 11.2. The minimum atomic E-state index is 0.738. The molecule has 1 nitrogen and oxygen atoms in total. The third-order valence-electron chi connectivity index (χ3n) is 4.31. The number of allylic oxidation sites excluding steroid dienone is 4. The summed E-state index contributed by atoms with van der Waals surface area (Å²) in [5.74, 6) is 0.818. The molecule has 0 aromatic heterocycles. The van der Waals surface area contributed by atoms with Crippen LogP contribution in [0.5, 0.6) is 0 Å². The van der Waals surface area contributed by atoms with Gasteiger partial charge in [-0.15, -0.1) is 0 Å². The van der Waals surface area contributed by atoms with Crippen LogP contribution in [0, 0.1) is 5.92 Å². The van der Waals surface area contributed by atoms with E-state index in [-0.39, 0.29) is 0 Å². The fraction of sp³-hybridized carbons (Fsp3) is 0.600. The van der Waals surface area contributed by atoms with E-state index >= 15 is 0 Å². The van der Waals surface area contributed by atoms with Crippen molar-refractivity contribution >= 4 is 0 Å². The molecular formula is C15H21N. The predicted molar refractivity (Wildman–Crippen MR) is 68.3 cm³/mol. The van der Waals surface area contributed by atoms with Crippen molar-refractivity contribution in [2.75, 3.05) is 13.1 Å². The van der Waals surface area contributed by atoms with Gasteiger partial charge in [-0.1, -0.05) is 30.7 Å². The summed E-state index contributed by atoms with van der Waals surface area (Å²) in [5, 5.41) is 0. The lowest BCUT2D eigenvalue weighted by Crippen LogP contribution is -2.30. The highest BCUT2D eigenvalue weighted by molar-refractivity contribution is 5.48. The first-order valence-corrected chi connectivity index (χ1v) is 6.61. The molecule has 86 valence electrons. The highest BCUT2D eigenvalue weighted by Gasteiger charge is 2.38. The topological polar surface area (TPSA) is 3.24 Å². The first kappa shape index (κ1) is 10.3. The van der Waals surface area contributed by atoms with E-state index in [1.54, 1.807) is 11.1 Å². The molecule has 2 bridgehead atoms. The Balaban J connectivity index is 1.84. The van der Waals surface area contributed by atoms with Crippen molar-refractivity contribution in [3.8, 4) is 0 Å². The number of hydrogen-bond acceptors (Lipinski definition) is 1. The molecule has 16 heavy (non-hydrogen) atoms. The van der Waals surface area contributed by atoms with Gasteiger partial charge in [0.2, 0.25) is 0 Å². The van der Waals surface area contributed by atoms with E-state index in [9.17, 15) is 0 Å². The molecule has 0 N–H and O–H groups in total. The van der Waals surface area contributed by atoms with E-state index in [1.807, 2.05) is 0 Å². The van der Waals surface area contributed by atoms with E-state index < -0.39 is 0 Å². The summed E-state index contributed by atoms with van der Waals surface area (Å²) in [4.78, 5) is 2.61. The average Bonchev–Trinajstić information content (AvgIpc) is 2.87. The van der Waals surface area contributed by atoms with E-state index in [2.05, 4.69) is 37.0 Å². The summed E-state index contributed by atoms with van der Waals surface area (Å²) in [5.41, 5.74) is 4.73. The van der Waals surface area contributed by atoms with E-state index in [1.165, 1.54) is 37.9 Å². The van der Waals surface area contributed by atoms with Crippen LogP contribution in [0.3, 0.4) is 0 Å². The van der Waals surface area contributed by atoms with Gasteiger partial charge in [0.15, 0.2) is 0 Å². The molecule has 1 fully saturated rings. The zero-order valence-electron chi connectivity index (χ0n) is 10.4. The van der Waals surface area contributed by atoms with Crippen LogP contribution in [0.4, 0.5) is 0 Å². The van der Waals surface area contributed by atoms with Gasteiger partial charge < -0.3 is 0 Å². The van der Waals surface area contributed by atoms with Crippen molar-refractivity contribution in [1.29, 1.82) is 0 Å². The average molecular weight is 215 g/mol. The minimum absolute atomic E-state index is 0.738. The highest BCUT2D eigenvalue weighted by Crippen LogP contribution is 2.41. The second-order valence-corrected chi connectivity index (χ2v) is 5.40. The van der Waals surface area contributed by atoms with Gasteiger partial charge >= 0.3 is 0 Å². The number of nitrogens with zero attached hydrogens (tertiary/aromatic N) is 1. The zero-order valence-corrected chi connectivity index (χ0v) is 10.4. The number of rotatable bonds is 2. The predicted octanol–water partition coefficient (Wildman–Crippen LogP) is 3.30. The van der Waals surface area contributed by atoms with Gasteiger partial charge in [-0.3, -0.25) is 4.90 Å². The maximum atomic E-state index is 2.61. The van der Waals surface area contributed by atoms with E-state index in [0.717, 1.165) is 12.0 Å². The molecule has 0 aromatic rings. The van der Waals surface area contributed by atoms with E-state index in [4.69, 9.17) is 0 Å². The summed E-state index contributed by atoms with van der Waals surface area (Å²) >= 11 is 0. The van der Waals surface area contributed by atoms with Gasteiger partial charge in [0.25, 0.3) is 0 Å². The van der Waals surface area contributed by atoms with Gasteiger partial charge in [-0.25, -0.2) is 0 Å². The molecule has 0 spiro atoms. The van der Waals surface area contributed by atoms with Gasteiger partial charge in [-0.05, 0) is 49.8 Å². The van der Waals surface area contributed by atoms with Crippen LogP contribution in [0.2, 0.25) is 0 Å². The van der Waals surface area contributed by atoms with Crippen molar-refractivity contribution in [3.05, 3.63) is 34.9 Å². The van der Waals surface area contributed by atoms with Crippen LogP contribution in [0.15, 0.2) is 34.9 Å². The van der Waals surface area contributed by atoms with Crippen molar-refractivity contribution in [3.63, 3.8) is 0 Å². The Morgan fingerprint density at radius 1 is 1.44 bits per heavy atom. The molecule has 3 aliphatic rings. The van der Waals surface area contributed by atoms with Crippen LogP contribution in [0.25, 0.3) is 0 Å². The van der Waals surface area contributed by atoms with Gasteiger partial charge in [0.1, 0.15) is 0 Å². The largest absolute Gasteiger partial charge is 0.297 e. The Labute approximate surface area is 98.5 Å². The fourth-order valence-corrected chi connectivity index (χ4v) is 3.42. The number of fused-ring (bicyclic) bond motifs is 2. The highest BCUT2D eigenvalue weighted by atomic mass is 15.2. The standard InChI is InChI=1S/C15H21N/c1-3-16-10-13-8-14(16)9-15(13)12-6-4-5-11(2)7-12/h6-7,9,13-14H,3-5,8,10H2,1-2H3/t13-,14?/m1/s1. The Hall–Kier alpha value is -0.820. The molecule has 0 amide bonds. The molecular weight excluding hydrogens is 194 g/mol. The summed E-state index contributed by atoms with van der Waals surface area (Å²) < 4.78 is 0. The molecule has 1 heteroatoms. The second-order valence-electron chi connectivity index (χ2n) is 5.40. The van der Waals surface area contributed by atoms with Gasteiger partial charge in [-0.2, -0.15) is 0 Å². The first-order chi connectivity index (χ1) is 7.78. The summed E-state index contributed by atoms with van der Waals surface area (Å²) in [6.45, 7) is 7.04. The summed E-state index contributed by atoms with van der Waals surface area (Å²) in [7, 11) is 0. The Morgan fingerprint density at radius 3 is 2.94 bits per heavy atom. The van der Waals surface area contributed by atoms with Crippen LogP contribution < -0.4 is 0 Å². The van der Waals surface area contributed by atoms with Gasteiger partial charge in [0.05, 0.1) is 0 Å².